The van der Waals surface area contributed by atoms with Crippen LogP contribution >= 0.6 is 0 Å². The summed E-state index contributed by atoms with van der Waals surface area (Å²) in [5, 5.41) is 7.42. The number of piperidine rings is 1. The van der Waals surface area contributed by atoms with Crippen LogP contribution in [0.4, 0.5) is 4.39 Å². The van der Waals surface area contributed by atoms with Gasteiger partial charge in [-0.3, -0.25) is 14.8 Å². The quantitative estimate of drug-likeness (QED) is 0.751. The number of benzene rings is 1. The lowest BCUT2D eigenvalue weighted by Gasteiger charge is -2.42. The van der Waals surface area contributed by atoms with E-state index in [1.165, 1.54) is 12.1 Å². The van der Waals surface area contributed by atoms with Crippen molar-refractivity contribution in [3.8, 4) is 5.75 Å². The normalized spacial score (nSPS) is 21.2. The van der Waals surface area contributed by atoms with Crippen LogP contribution in [0.2, 0.25) is 0 Å². The van der Waals surface area contributed by atoms with Crippen LogP contribution in [0.1, 0.15) is 31.2 Å². The van der Waals surface area contributed by atoms with E-state index in [4.69, 9.17) is 9.47 Å². The third kappa shape index (κ3) is 5.17. The van der Waals surface area contributed by atoms with Crippen LogP contribution in [-0.4, -0.2) is 70.9 Å². The minimum Gasteiger partial charge on any atom is -0.491 e. The van der Waals surface area contributed by atoms with Crippen LogP contribution in [0, 0.1) is 5.82 Å². The van der Waals surface area contributed by atoms with Crippen LogP contribution in [0.15, 0.2) is 30.3 Å². The molecule has 1 aromatic carbocycles. The van der Waals surface area contributed by atoms with Gasteiger partial charge in [-0.2, -0.15) is 5.10 Å². The second kappa shape index (κ2) is 9.57. The number of halogens is 1. The van der Waals surface area contributed by atoms with Gasteiger partial charge < -0.3 is 14.4 Å². The maximum atomic E-state index is 13.0. The van der Waals surface area contributed by atoms with Crippen LogP contribution in [-0.2, 0) is 22.5 Å². The van der Waals surface area contributed by atoms with Crippen molar-refractivity contribution in [3.05, 3.63) is 47.5 Å². The maximum absolute atomic E-state index is 13.0. The highest BCUT2D eigenvalue weighted by Gasteiger charge is 2.33. The SMILES string of the molecule is CCc1cc(CN2CCC(N3C[C@@H](COc4ccc(F)cc4)OCC3=O)CC2)[nH]n1. The van der Waals surface area contributed by atoms with E-state index >= 15 is 0 Å². The third-order valence-electron chi connectivity index (χ3n) is 5.85. The number of carbonyl (C=O) groups excluding carboxylic acids is 1. The molecule has 7 nitrogen and oxygen atoms in total. The standard InChI is InChI=1S/C22H29FN4O3/c1-2-17-11-18(25-24-17)12-26-9-7-19(8-10-26)27-13-21(30-15-22(27)28)14-29-20-5-3-16(23)4-6-20/h3-6,11,19,21H,2,7-10,12-15H2,1H3,(H,24,25)/t21-/m0/s1. The van der Waals surface area contributed by atoms with E-state index in [-0.39, 0.29) is 30.5 Å². The van der Waals surface area contributed by atoms with E-state index in [0.717, 1.165) is 50.3 Å². The zero-order valence-corrected chi connectivity index (χ0v) is 17.3. The number of H-pyrrole nitrogens is 1. The predicted octanol–water partition coefficient (Wildman–Crippen LogP) is 2.38. The number of ether oxygens (including phenoxy) is 2. The van der Waals surface area contributed by atoms with Gasteiger partial charge in [0.2, 0.25) is 5.91 Å². The number of nitrogens with one attached hydrogen (secondary N) is 1. The summed E-state index contributed by atoms with van der Waals surface area (Å²) in [5.74, 6) is 0.354. The van der Waals surface area contributed by atoms with Crippen molar-refractivity contribution in [1.29, 1.82) is 0 Å². The lowest BCUT2D eigenvalue weighted by molar-refractivity contribution is -0.155. The van der Waals surface area contributed by atoms with Gasteiger partial charge >= 0.3 is 0 Å². The zero-order chi connectivity index (χ0) is 20.9. The topological polar surface area (TPSA) is 70.7 Å². The second-order valence-electron chi connectivity index (χ2n) is 7.99. The number of aromatic amines is 1. The number of nitrogens with zero attached hydrogens (tertiary/aromatic N) is 3. The van der Waals surface area contributed by atoms with Crippen LogP contribution in [0.5, 0.6) is 5.75 Å². The Labute approximate surface area is 176 Å². The Hall–Kier alpha value is -2.45. The fourth-order valence-electron chi connectivity index (χ4n) is 4.12. The minimum atomic E-state index is -0.294. The summed E-state index contributed by atoms with van der Waals surface area (Å²) in [6, 6.07) is 8.29. The first-order valence-electron chi connectivity index (χ1n) is 10.7. The smallest absolute Gasteiger partial charge is 0.248 e. The lowest BCUT2D eigenvalue weighted by Crippen LogP contribution is -2.55. The summed E-state index contributed by atoms with van der Waals surface area (Å²) in [6.45, 7) is 5.83. The molecule has 0 unspecified atom stereocenters. The monoisotopic (exact) mass is 416 g/mol. The number of aryl methyl sites for hydroxylation is 1. The summed E-state index contributed by atoms with van der Waals surface area (Å²) < 4.78 is 24.4. The van der Waals surface area contributed by atoms with Gasteiger partial charge in [-0.05, 0) is 49.6 Å². The summed E-state index contributed by atoms with van der Waals surface area (Å²) in [5.41, 5.74) is 2.23. The van der Waals surface area contributed by atoms with Crippen molar-refractivity contribution >= 4 is 5.91 Å². The van der Waals surface area contributed by atoms with Crippen LogP contribution in [0.3, 0.4) is 0 Å². The summed E-state index contributed by atoms with van der Waals surface area (Å²) in [4.78, 5) is 16.8. The molecule has 2 saturated heterocycles. The van der Waals surface area contributed by atoms with Gasteiger partial charge in [0.1, 0.15) is 30.9 Å². The maximum Gasteiger partial charge on any atom is 0.248 e. The highest BCUT2D eigenvalue weighted by molar-refractivity contribution is 5.78. The molecule has 162 valence electrons. The molecule has 0 radical (unpaired) electrons. The van der Waals surface area contributed by atoms with E-state index in [2.05, 4.69) is 28.1 Å². The molecule has 0 bridgehead atoms. The molecule has 8 heteroatoms. The van der Waals surface area contributed by atoms with E-state index in [9.17, 15) is 9.18 Å². The fourth-order valence-corrected chi connectivity index (χ4v) is 4.12. The number of aromatic nitrogens is 2. The molecule has 3 heterocycles. The Morgan fingerprint density at radius 1 is 1.27 bits per heavy atom. The van der Waals surface area contributed by atoms with E-state index < -0.39 is 0 Å². The number of likely N-dealkylation sites (tertiary alicyclic amines) is 1. The summed E-state index contributed by atoms with van der Waals surface area (Å²) in [7, 11) is 0. The van der Waals surface area contributed by atoms with Gasteiger partial charge in [-0.25, -0.2) is 4.39 Å². The van der Waals surface area contributed by atoms with Crippen molar-refractivity contribution in [2.75, 3.05) is 32.8 Å². The summed E-state index contributed by atoms with van der Waals surface area (Å²) >= 11 is 0. The van der Waals surface area contributed by atoms with Gasteiger partial charge in [0.15, 0.2) is 0 Å². The van der Waals surface area contributed by atoms with Crippen molar-refractivity contribution in [2.45, 2.75) is 44.9 Å². The number of carbonyl (C=O) groups is 1. The molecule has 1 amide bonds. The molecule has 2 aromatic rings. The fraction of sp³-hybridized carbons (Fsp3) is 0.545. The molecule has 2 aliphatic heterocycles. The molecule has 1 N–H and O–H groups in total. The molecule has 0 spiro atoms. The van der Waals surface area contributed by atoms with Crippen molar-refractivity contribution in [3.63, 3.8) is 0 Å². The van der Waals surface area contributed by atoms with Crippen molar-refractivity contribution in [1.82, 2.24) is 20.0 Å². The molecular weight excluding hydrogens is 387 g/mol. The van der Waals surface area contributed by atoms with Gasteiger partial charge in [0, 0.05) is 31.4 Å². The van der Waals surface area contributed by atoms with Crippen LogP contribution in [0.25, 0.3) is 0 Å². The molecule has 2 aliphatic rings. The first-order chi connectivity index (χ1) is 14.6. The van der Waals surface area contributed by atoms with Gasteiger partial charge in [-0.1, -0.05) is 6.92 Å². The Kier molecular flexibility index (Phi) is 6.64. The Bertz CT molecular complexity index is 833. The highest BCUT2D eigenvalue weighted by atomic mass is 19.1. The first-order valence-corrected chi connectivity index (χ1v) is 10.7. The molecule has 30 heavy (non-hydrogen) atoms. The number of amides is 1. The van der Waals surface area contributed by atoms with E-state index in [1.54, 1.807) is 12.1 Å². The van der Waals surface area contributed by atoms with E-state index in [0.29, 0.717) is 18.9 Å². The summed E-state index contributed by atoms with van der Waals surface area (Å²) in [6.07, 6.45) is 2.66. The van der Waals surface area contributed by atoms with Crippen molar-refractivity contribution < 1.29 is 18.7 Å². The number of hydrogen-bond donors (Lipinski definition) is 1. The van der Waals surface area contributed by atoms with Gasteiger partial charge in [-0.15, -0.1) is 0 Å². The number of hydrogen-bond acceptors (Lipinski definition) is 5. The third-order valence-corrected chi connectivity index (χ3v) is 5.85. The Morgan fingerprint density at radius 2 is 2.03 bits per heavy atom. The molecule has 2 fully saturated rings. The van der Waals surface area contributed by atoms with Gasteiger partial charge in [0.05, 0.1) is 12.2 Å². The average Bonchev–Trinajstić information content (AvgIpc) is 3.22. The predicted molar refractivity (Wildman–Crippen MR) is 110 cm³/mol. The number of rotatable bonds is 7. The van der Waals surface area contributed by atoms with Crippen molar-refractivity contribution in [2.24, 2.45) is 0 Å². The van der Waals surface area contributed by atoms with Gasteiger partial charge in [0.25, 0.3) is 0 Å². The van der Waals surface area contributed by atoms with E-state index in [1.807, 2.05) is 4.90 Å². The Balaban J connectivity index is 1.25. The molecule has 0 aliphatic carbocycles. The number of morpholine rings is 1. The zero-order valence-electron chi connectivity index (χ0n) is 17.3. The molecule has 4 rings (SSSR count). The van der Waals surface area contributed by atoms with Crippen LogP contribution < -0.4 is 4.74 Å². The lowest BCUT2D eigenvalue weighted by atomic mass is 10.0. The first kappa shape index (κ1) is 20.8. The highest BCUT2D eigenvalue weighted by Crippen LogP contribution is 2.22. The minimum absolute atomic E-state index is 0.0487. The second-order valence-corrected chi connectivity index (χ2v) is 7.99. The average molecular weight is 416 g/mol. The largest absolute Gasteiger partial charge is 0.491 e. The molecule has 0 saturated carbocycles. The molecule has 1 atom stereocenters. The molecular formula is C22H29FN4O3. The molecule has 1 aromatic heterocycles. The Morgan fingerprint density at radius 3 is 2.73 bits per heavy atom.